The van der Waals surface area contributed by atoms with Gasteiger partial charge in [-0.2, -0.15) is 0 Å². The Morgan fingerprint density at radius 1 is 1.00 bits per heavy atom. The van der Waals surface area contributed by atoms with E-state index in [-0.39, 0.29) is 48.6 Å². The second-order valence-electron chi connectivity index (χ2n) is 10.3. The van der Waals surface area contributed by atoms with Crippen LogP contribution in [0.4, 0.5) is 8.78 Å². The Hall–Kier alpha value is -4.86. The third-order valence-electron chi connectivity index (χ3n) is 6.97. The van der Waals surface area contributed by atoms with E-state index in [1.807, 2.05) is 19.9 Å². The van der Waals surface area contributed by atoms with Gasteiger partial charge >= 0.3 is 0 Å². The summed E-state index contributed by atoms with van der Waals surface area (Å²) in [4.78, 5) is 36.7. The summed E-state index contributed by atoms with van der Waals surface area (Å²) in [6, 6.07) is 13.8. The first-order chi connectivity index (χ1) is 20.2. The normalized spacial score (nSPS) is 12.5. The van der Waals surface area contributed by atoms with Crippen molar-refractivity contribution in [1.82, 2.24) is 20.2 Å². The number of ether oxygens (including phenoxy) is 2. The summed E-state index contributed by atoms with van der Waals surface area (Å²) in [6.07, 6.45) is 1.65. The lowest BCUT2D eigenvalue weighted by Gasteiger charge is -2.18. The number of aromatic nitrogens is 2. The number of nitrogens with one attached hydrogen (secondary N) is 1. The fraction of sp³-hybridized carbons (Fsp3) is 0.250. The first kappa shape index (κ1) is 28.7. The Bertz CT molecular complexity index is 1640. The molecular weight excluding hydrogens is 542 g/mol. The van der Waals surface area contributed by atoms with Crippen molar-refractivity contribution < 1.29 is 27.8 Å². The van der Waals surface area contributed by atoms with Gasteiger partial charge in [0.05, 0.1) is 55.4 Å². The van der Waals surface area contributed by atoms with Gasteiger partial charge in [0.25, 0.3) is 11.8 Å². The quantitative estimate of drug-likeness (QED) is 0.292. The van der Waals surface area contributed by atoms with Crippen LogP contribution in [-0.2, 0) is 19.5 Å². The van der Waals surface area contributed by atoms with Crippen LogP contribution in [-0.4, -0.2) is 46.9 Å². The van der Waals surface area contributed by atoms with Crippen molar-refractivity contribution in [2.45, 2.75) is 39.4 Å². The molecule has 0 atom stereocenters. The Labute approximate surface area is 242 Å². The smallest absolute Gasteiger partial charge is 0.256 e. The van der Waals surface area contributed by atoms with Crippen molar-refractivity contribution in [3.05, 3.63) is 106 Å². The van der Waals surface area contributed by atoms with Gasteiger partial charge in [0, 0.05) is 36.0 Å². The van der Waals surface area contributed by atoms with E-state index in [9.17, 15) is 18.4 Å². The molecule has 1 aliphatic rings. The molecule has 0 spiro atoms. The summed E-state index contributed by atoms with van der Waals surface area (Å²) < 4.78 is 40.4. The molecule has 2 aromatic carbocycles. The van der Waals surface area contributed by atoms with Gasteiger partial charge < -0.3 is 19.7 Å². The van der Waals surface area contributed by atoms with Crippen molar-refractivity contribution in [3.63, 3.8) is 0 Å². The van der Waals surface area contributed by atoms with Crippen molar-refractivity contribution in [1.29, 1.82) is 0 Å². The van der Waals surface area contributed by atoms with Gasteiger partial charge in [0.2, 0.25) is 0 Å². The third-order valence-corrected chi connectivity index (χ3v) is 6.97. The van der Waals surface area contributed by atoms with Gasteiger partial charge in [-0.1, -0.05) is 6.07 Å². The summed E-state index contributed by atoms with van der Waals surface area (Å²) in [5.41, 5.74) is 2.87. The molecule has 0 unspecified atom stereocenters. The van der Waals surface area contributed by atoms with E-state index < -0.39 is 11.6 Å². The van der Waals surface area contributed by atoms with Gasteiger partial charge in [-0.3, -0.25) is 14.6 Å². The van der Waals surface area contributed by atoms with Gasteiger partial charge in [-0.15, -0.1) is 0 Å². The zero-order valence-electron chi connectivity index (χ0n) is 23.7. The van der Waals surface area contributed by atoms with Crippen LogP contribution in [0.1, 0.15) is 57.1 Å². The number of carbonyl (C=O) groups is 2. The molecule has 8 nitrogen and oxygen atoms in total. The molecule has 10 heteroatoms. The number of amides is 2. The van der Waals surface area contributed by atoms with Crippen LogP contribution >= 0.6 is 0 Å². The number of benzene rings is 2. The summed E-state index contributed by atoms with van der Waals surface area (Å²) in [7, 11) is 3.10. The van der Waals surface area contributed by atoms with Crippen molar-refractivity contribution in [2.75, 3.05) is 14.2 Å². The van der Waals surface area contributed by atoms with Crippen LogP contribution in [0.15, 0.2) is 60.8 Å². The van der Waals surface area contributed by atoms with Crippen molar-refractivity contribution in [3.8, 4) is 22.8 Å². The molecule has 0 aliphatic carbocycles. The summed E-state index contributed by atoms with van der Waals surface area (Å²) in [5, 5.41) is 2.82. The molecule has 0 saturated carbocycles. The maximum absolute atomic E-state index is 14.8. The molecule has 0 radical (unpaired) electrons. The SMILES string of the molecule is COc1ccc(CN2Cc3nc(-c4c(F)cccc4F)cc(Cc4ccc(C(=O)NC(C)C)cn4)c3C2=O)c(OC)c1. The van der Waals surface area contributed by atoms with E-state index >= 15 is 0 Å². The van der Waals surface area contributed by atoms with Crippen molar-refractivity contribution >= 4 is 11.8 Å². The maximum atomic E-state index is 14.8. The third kappa shape index (κ3) is 5.79. The molecule has 5 rings (SSSR count). The molecule has 1 aliphatic heterocycles. The summed E-state index contributed by atoms with van der Waals surface area (Å²) in [6.45, 7) is 4.10. The summed E-state index contributed by atoms with van der Waals surface area (Å²) in [5.74, 6) is -0.837. The fourth-order valence-corrected chi connectivity index (χ4v) is 4.97. The van der Waals surface area contributed by atoms with Crippen LogP contribution in [0.5, 0.6) is 11.5 Å². The predicted octanol–water partition coefficient (Wildman–Crippen LogP) is 5.32. The fourth-order valence-electron chi connectivity index (χ4n) is 4.97. The predicted molar refractivity (Wildman–Crippen MR) is 152 cm³/mol. The Kier molecular flexibility index (Phi) is 8.15. The lowest BCUT2D eigenvalue weighted by Crippen LogP contribution is -2.30. The number of hydrogen-bond acceptors (Lipinski definition) is 6. The minimum Gasteiger partial charge on any atom is -0.497 e. The Balaban J connectivity index is 1.52. The van der Waals surface area contributed by atoms with E-state index in [1.54, 1.807) is 43.4 Å². The highest BCUT2D eigenvalue weighted by Crippen LogP contribution is 2.34. The zero-order valence-corrected chi connectivity index (χ0v) is 23.7. The first-order valence-corrected chi connectivity index (χ1v) is 13.4. The standard InChI is InChI=1S/C32H30F2N4O4/c1-18(2)36-31(39)19-8-10-22(35-15-19)12-21-13-26(30-24(33)6-5-7-25(30)34)37-27-17-38(32(40)29(21)27)16-20-9-11-23(41-3)14-28(20)42-4/h5-11,13-15,18H,12,16-17H2,1-4H3,(H,36,39). The van der Waals surface area contributed by atoms with Crippen LogP contribution in [0, 0.1) is 11.6 Å². The number of hydrogen-bond donors (Lipinski definition) is 1. The monoisotopic (exact) mass is 572 g/mol. The highest BCUT2D eigenvalue weighted by atomic mass is 19.1. The number of nitrogens with zero attached hydrogens (tertiary/aromatic N) is 3. The zero-order chi connectivity index (χ0) is 30.0. The van der Waals surface area contributed by atoms with Gasteiger partial charge in [-0.25, -0.2) is 13.8 Å². The first-order valence-electron chi connectivity index (χ1n) is 13.4. The van der Waals surface area contributed by atoms with Crippen LogP contribution < -0.4 is 14.8 Å². The number of methoxy groups -OCH3 is 2. The van der Waals surface area contributed by atoms with E-state index in [1.165, 1.54) is 30.5 Å². The second-order valence-corrected chi connectivity index (χ2v) is 10.3. The minimum absolute atomic E-state index is 0.0272. The molecule has 216 valence electrons. The highest BCUT2D eigenvalue weighted by Gasteiger charge is 2.33. The number of halogens is 2. The van der Waals surface area contributed by atoms with E-state index in [0.29, 0.717) is 39.6 Å². The number of carbonyl (C=O) groups excluding carboxylic acids is 2. The Morgan fingerprint density at radius 3 is 2.40 bits per heavy atom. The van der Waals surface area contributed by atoms with E-state index in [4.69, 9.17) is 9.47 Å². The minimum atomic E-state index is -0.754. The van der Waals surface area contributed by atoms with Crippen LogP contribution in [0.25, 0.3) is 11.3 Å². The molecule has 4 aromatic rings. The maximum Gasteiger partial charge on any atom is 0.256 e. The molecule has 0 saturated heterocycles. The van der Waals surface area contributed by atoms with Crippen molar-refractivity contribution in [2.24, 2.45) is 0 Å². The van der Waals surface area contributed by atoms with E-state index in [2.05, 4.69) is 15.3 Å². The van der Waals surface area contributed by atoms with Gasteiger partial charge in [-0.05, 0) is 61.9 Å². The second kappa shape index (κ2) is 11.9. The van der Waals surface area contributed by atoms with Gasteiger partial charge in [0.1, 0.15) is 23.1 Å². The summed E-state index contributed by atoms with van der Waals surface area (Å²) >= 11 is 0. The molecule has 42 heavy (non-hydrogen) atoms. The average molecular weight is 573 g/mol. The molecule has 1 N–H and O–H groups in total. The Morgan fingerprint density at radius 2 is 1.76 bits per heavy atom. The molecule has 2 amide bonds. The number of rotatable bonds is 9. The highest BCUT2D eigenvalue weighted by molar-refractivity contribution is 6.00. The van der Waals surface area contributed by atoms with Crippen LogP contribution in [0.3, 0.4) is 0 Å². The number of fused-ring (bicyclic) bond motifs is 1. The molecular formula is C32H30F2N4O4. The molecule has 0 bridgehead atoms. The molecule has 0 fully saturated rings. The molecule has 2 aromatic heterocycles. The number of pyridine rings is 2. The largest absolute Gasteiger partial charge is 0.497 e. The lowest BCUT2D eigenvalue weighted by atomic mass is 9.98. The average Bonchev–Trinajstić information content (AvgIpc) is 3.28. The van der Waals surface area contributed by atoms with Crippen LogP contribution in [0.2, 0.25) is 0 Å². The topological polar surface area (TPSA) is 93.6 Å². The van der Waals surface area contributed by atoms with Gasteiger partial charge in [0.15, 0.2) is 0 Å². The lowest BCUT2D eigenvalue weighted by molar-refractivity contribution is 0.0764. The molecule has 3 heterocycles. The van der Waals surface area contributed by atoms with E-state index in [0.717, 1.165) is 5.56 Å².